The average molecular weight is 254 g/mol. The monoisotopic (exact) mass is 254 g/mol. The van der Waals surface area contributed by atoms with Gasteiger partial charge in [0.05, 0.1) is 18.7 Å². The number of aromatic amines is 1. The lowest BCUT2D eigenvalue weighted by Crippen LogP contribution is -2.37. The van der Waals surface area contributed by atoms with Gasteiger partial charge in [-0.25, -0.2) is 4.79 Å². The highest BCUT2D eigenvalue weighted by Gasteiger charge is 2.12. The molecule has 0 bridgehead atoms. The molecule has 1 unspecified atom stereocenters. The quantitative estimate of drug-likeness (QED) is 0.694. The van der Waals surface area contributed by atoms with Crippen molar-refractivity contribution in [1.82, 2.24) is 20.4 Å². The van der Waals surface area contributed by atoms with Crippen LogP contribution in [0.2, 0.25) is 0 Å². The Hall–Kier alpha value is -2.05. The van der Waals surface area contributed by atoms with Crippen molar-refractivity contribution in [3.8, 4) is 0 Å². The molecule has 3 N–H and O–H groups in total. The molecule has 0 aromatic carbocycles. The highest BCUT2D eigenvalue weighted by Crippen LogP contribution is 2.01. The van der Waals surface area contributed by atoms with Crippen LogP contribution in [-0.2, 0) is 11.3 Å². The van der Waals surface area contributed by atoms with Crippen LogP contribution < -0.4 is 5.32 Å². The van der Waals surface area contributed by atoms with E-state index >= 15 is 0 Å². The minimum absolute atomic E-state index is 0.228. The molecule has 0 radical (unpaired) electrons. The van der Waals surface area contributed by atoms with Crippen molar-refractivity contribution in [2.24, 2.45) is 5.92 Å². The Morgan fingerprint density at radius 3 is 2.89 bits per heavy atom. The Balaban J connectivity index is 2.26. The van der Waals surface area contributed by atoms with Gasteiger partial charge in [-0.05, 0) is 6.42 Å². The van der Waals surface area contributed by atoms with Crippen molar-refractivity contribution < 1.29 is 14.7 Å². The normalized spacial score (nSPS) is 11.9. The number of nitrogens with one attached hydrogen (secondary N) is 2. The average Bonchev–Trinajstić information content (AvgIpc) is 2.81. The molecule has 1 atom stereocenters. The van der Waals surface area contributed by atoms with E-state index in [1.54, 1.807) is 26.4 Å². The summed E-state index contributed by atoms with van der Waals surface area (Å²) in [7, 11) is 1.67. The van der Waals surface area contributed by atoms with E-state index in [0.29, 0.717) is 19.5 Å². The number of H-pyrrole nitrogens is 1. The summed E-state index contributed by atoms with van der Waals surface area (Å²) in [4.78, 5) is 23.8. The standard InChI is InChI=1S/C11H18N4O3/c1-8(10(16)17)3-4-12-11(18)15(2)7-9-5-13-14-6-9/h5-6,8H,3-4,7H2,1-2H3,(H,12,18)(H,13,14)(H,16,17). The summed E-state index contributed by atoms with van der Waals surface area (Å²) in [6.45, 7) is 2.42. The molecule has 0 saturated heterocycles. The fourth-order valence-electron chi connectivity index (χ4n) is 1.36. The van der Waals surface area contributed by atoms with Crippen LogP contribution in [0, 0.1) is 5.92 Å². The molecule has 0 saturated carbocycles. The van der Waals surface area contributed by atoms with E-state index in [4.69, 9.17) is 5.11 Å². The first-order valence-corrected chi connectivity index (χ1v) is 5.70. The van der Waals surface area contributed by atoms with Crippen LogP contribution in [0.25, 0.3) is 0 Å². The van der Waals surface area contributed by atoms with Gasteiger partial charge in [0.15, 0.2) is 0 Å². The summed E-state index contributed by atoms with van der Waals surface area (Å²) >= 11 is 0. The van der Waals surface area contributed by atoms with Gasteiger partial charge in [-0.3, -0.25) is 9.89 Å². The van der Waals surface area contributed by atoms with Gasteiger partial charge in [0.2, 0.25) is 0 Å². The summed E-state index contributed by atoms with van der Waals surface area (Å²) in [5, 5.41) is 17.8. The molecular formula is C11H18N4O3. The number of carbonyl (C=O) groups excluding carboxylic acids is 1. The summed E-state index contributed by atoms with van der Waals surface area (Å²) in [6.07, 6.45) is 3.78. The molecule has 7 nitrogen and oxygen atoms in total. The Morgan fingerprint density at radius 1 is 1.61 bits per heavy atom. The molecule has 1 aromatic heterocycles. The lowest BCUT2D eigenvalue weighted by Gasteiger charge is -2.17. The zero-order valence-corrected chi connectivity index (χ0v) is 10.5. The van der Waals surface area contributed by atoms with E-state index in [-0.39, 0.29) is 6.03 Å². The lowest BCUT2D eigenvalue weighted by atomic mass is 10.1. The van der Waals surface area contributed by atoms with Gasteiger partial charge >= 0.3 is 12.0 Å². The third kappa shape index (κ3) is 4.44. The number of rotatable bonds is 6. The van der Waals surface area contributed by atoms with Gasteiger partial charge in [0.25, 0.3) is 0 Å². The molecule has 0 aliphatic rings. The maximum absolute atomic E-state index is 11.7. The largest absolute Gasteiger partial charge is 0.481 e. The first-order chi connectivity index (χ1) is 8.50. The molecule has 18 heavy (non-hydrogen) atoms. The number of carboxylic acid groups (broad SMARTS) is 1. The van der Waals surface area contributed by atoms with Crippen LogP contribution in [0.4, 0.5) is 4.79 Å². The fourth-order valence-corrected chi connectivity index (χ4v) is 1.36. The van der Waals surface area contributed by atoms with E-state index in [2.05, 4.69) is 15.5 Å². The number of carboxylic acids is 1. The highest BCUT2D eigenvalue weighted by molar-refractivity contribution is 5.74. The third-order valence-electron chi connectivity index (χ3n) is 2.60. The predicted octanol–water partition coefficient (Wildman–Crippen LogP) is 0.662. The SMILES string of the molecule is CC(CCNC(=O)N(C)Cc1cn[nH]c1)C(=O)O. The zero-order valence-electron chi connectivity index (χ0n) is 10.5. The molecule has 1 heterocycles. The molecule has 0 aliphatic heterocycles. The van der Waals surface area contributed by atoms with E-state index in [1.165, 1.54) is 4.90 Å². The minimum atomic E-state index is -0.851. The molecule has 0 fully saturated rings. The molecule has 7 heteroatoms. The first kappa shape index (κ1) is 14.0. The fraction of sp³-hybridized carbons (Fsp3) is 0.545. The van der Waals surface area contributed by atoms with Gasteiger partial charge in [0, 0.05) is 25.4 Å². The number of carbonyl (C=O) groups is 2. The second kappa shape index (κ2) is 6.63. The Bertz CT molecular complexity index is 391. The number of amides is 2. The number of nitrogens with zero attached hydrogens (tertiary/aromatic N) is 2. The van der Waals surface area contributed by atoms with Crippen molar-refractivity contribution in [3.63, 3.8) is 0 Å². The maximum Gasteiger partial charge on any atom is 0.317 e. The van der Waals surface area contributed by atoms with Gasteiger partial charge in [0.1, 0.15) is 0 Å². The van der Waals surface area contributed by atoms with Crippen LogP contribution in [0.15, 0.2) is 12.4 Å². The van der Waals surface area contributed by atoms with Gasteiger partial charge in [-0.2, -0.15) is 5.10 Å². The second-order valence-corrected chi connectivity index (χ2v) is 4.22. The van der Waals surface area contributed by atoms with Gasteiger partial charge in [-0.1, -0.05) is 6.92 Å². The zero-order chi connectivity index (χ0) is 13.5. The number of hydrogen-bond acceptors (Lipinski definition) is 3. The summed E-state index contributed by atoms with van der Waals surface area (Å²) < 4.78 is 0. The highest BCUT2D eigenvalue weighted by atomic mass is 16.4. The summed E-state index contributed by atoms with van der Waals surface area (Å²) in [6, 6.07) is -0.228. The Kier molecular flexibility index (Phi) is 5.16. The summed E-state index contributed by atoms with van der Waals surface area (Å²) in [5.74, 6) is -1.31. The van der Waals surface area contributed by atoms with Crippen LogP contribution in [0.3, 0.4) is 0 Å². The van der Waals surface area contributed by atoms with Gasteiger partial charge < -0.3 is 15.3 Å². The van der Waals surface area contributed by atoms with Crippen molar-refractivity contribution in [1.29, 1.82) is 0 Å². The molecule has 1 rings (SSSR count). The van der Waals surface area contributed by atoms with Crippen LogP contribution in [0.5, 0.6) is 0 Å². The number of aromatic nitrogens is 2. The van der Waals surface area contributed by atoms with E-state index in [0.717, 1.165) is 5.56 Å². The van der Waals surface area contributed by atoms with E-state index < -0.39 is 11.9 Å². The maximum atomic E-state index is 11.7. The summed E-state index contributed by atoms with van der Waals surface area (Å²) in [5.41, 5.74) is 0.909. The minimum Gasteiger partial charge on any atom is -0.481 e. The third-order valence-corrected chi connectivity index (χ3v) is 2.60. The number of urea groups is 1. The van der Waals surface area contributed by atoms with Crippen molar-refractivity contribution >= 4 is 12.0 Å². The topological polar surface area (TPSA) is 98.3 Å². The van der Waals surface area contributed by atoms with Crippen molar-refractivity contribution in [3.05, 3.63) is 18.0 Å². The Labute approximate surface area is 105 Å². The molecule has 1 aromatic rings. The number of hydrogen-bond donors (Lipinski definition) is 3. The predicted molar refractivity (Wildman–Crippen MR) is 64.9 cm³/mol. The molecule has 100 valence electrons. The molecule has 0 spiro atoms. The van der Waals surface area contributed by atoms with Gasteiger partial charge in [-0.15, -0.1) is 0 Å². The smallest absolute Gasteiger partial charge is 0.317 e. The molecule has 2 amide bonds. The van der Waals surface area contributed by atoms with Crippen LogP contribution in [-0.4, -0.2) is 45.8 Å². The Morgan fingerprint density at radius 2 is 2.33 bits per heavy atom. The molecular weight excluding hydrogens is 236 g/mol. The van der Waals surface area contributed by atoms with Crippen molar-refractivity contribution in [2.45, 2.75) is 19.9 Å². The molecule has 0 aliphatic carbocycles. The number of aliphatic carboxylic acids is 1. The van der Waals surface area contributed by atoms with E-state index in [9.17, 15) is 9.59 Å². The van der Waals surface area contributed by atoms with Crippen LogP contribution >= 0.6 is 0 Å². The lowest BCUT2D eigenvalue weighted by molar-refractivity contribution is -0.141. The first-order valence-electron chi connectivity index (χ1n) is 5.70. The van der Waals surface area contributed by atoms with Crippen molar-refractivity contribution in [2.75, 3.05) is 13.6 Å². The second-order valence-electron chi connectivity index (χ2n) is 4.22. The van der Waals surface area contributed by atoms with E-state index in [1.807, 2.05) is 0 Å². The van der Waals surface area contributed by atoms with Crippen LogP contribution in [0.1, 0.15) is 18.9 Å².